The number of phenols is 1. The maximum absolute atomic E-state index is 12.4. The number of hydrogen-bond acceptors (Lipinski definition) is 3. The van der Waals surface area contributed by atoms with E-state index in [1.165, 1.54) is 0 Å². The van der Waals surface area contributed by atoms with Gasteiger partial charge in [-0.3, -0.25) is 4.79 Å². The Balaban J connectivity index is 2.20. The maximum atomic E-state index is 12.4. The summed E-state index contributed by atoms with van der Waals surface area (Å²) in [6.07, 6.45) is 0. The van der Waals surface area contributed by atoms with Crippen LogP contribution in [0.15, 0.2) is 18.2 Å². The van der Waals surface area contributed by atoms with Gasteiger partial charge in [0, 0.05) is 23.6 Å². The van der Waals surface area contributed by atoms with E-state index in [1.807, 2.05) is 29.7 Å². The van der Waals surface area contributed by atoms with Crippen LogP contribution >= 0.6 is 11.8 Å². The molecule has 2 atom stereocenters. The van der Waals surface area contributed by atoms with Crippen molar-refractivity contribution < 1.29 is 9.90 Å². The first-order valence-electron chi connectivity index (χ1n) is 6.21. The van der Waals surface area contributed by atoms with Crippen LogP contribution in [0.4, 0.5) is 0 Å². The second kappa shape index (κ2) is 5.22. The van der Waals surface area contributed by atoms with Gasteiger partial charge in [0.15, 0.2) is 0 Å². The van der Waals surface area contributed by atoms with Crippen molar-refractivity contribution in [2.24, 2.45) is 0 Å². The molecule has 0 saturated carbocycles. The number of amides is 1. The van der Waals surface area contributed by atoms with Crippen LogP contribution in [-0.2, 0) is 0 Å². The van der Waals surface area contributed by atoms with Crippen LogP contribution in [0.2, 0.25) is 0 Å². The van der Waals surface area contributed by atoms with Crippen LogP contribution < -0.4 is 0 Å². The summed E-state index contributed by atoms with van der Waals surface area (Å²) in [7, 11) is 0. The van der Waals surface area contributed by atoms with Crippen molar-refractivity contribution in [3.8, 4) is 5.75 Å². The summed E-state index contributed by atoms with van der Waals surface area (Å²) in [6.45, 7) is 7.67. The second-order valence-corrected chi connectivity index (χ2v) is 6.87. The normalized spacial score (nSPS) is 24.1. The number of carbonyl (C=O) groups excluding carboxylic acids is 1. The van der Waals surface area contributed by atoms with Gasteiger partial charge in [0.1, 0.15) is 5.75 Å². The number of aryl methyl sites for hydroxylation is 1. The summed E-state index contributed by atoms with van der Waals surface area (Å²) >= 11 is 1.91. The Kier molecular flexibility index (Phi) is 3.85. The number of aromatic hydroxyl groups is 1. The molecule has 1 heterocycles. The molecule has 98 valence electrons. The van der Waals surface area contributed by atoms with Crippen molar-refractivity contribution in [1.82, 2.24) is 4.90 Å². The first-order valence-corrected chi connectivity index (χ1v) is 7.16. The highest BCUT2D eigenvalue weighted by Crippen LogP contribution is 2.27. The largest absolute Gasteiger partial charge is 0.507 e. The molecule has 0 aliphatic carbocycles. The minimum absolute atomic E-state index is 0.0634. The van der Waals surface area contributed by atoms with E-state index in [1.54, 1.807) is 12.1 Å². The molecule has 0 aromatic heterocycles. The molecule has 18 heavy (non-hydrogen) atoms. The Bertz CT molecular complexity index is 451. The van der Waals surface area contributed by atoms with E-state index in [9.17, 15) is 9.90 Å². The Morgan fingerprint density at radius 3 is 2.50 bits per heavy atom. The quantitative estimate of drug-likeness (QED) is 0.848. The van der Waals surface area contributed by atoms with Crippen molar-refractivity contribution >= 4 is 17.7 Å². The molecule has 1 amide bonds. The molecule has 0 radical (unpaired) electrons. The highest BCUT2D eigenvalue weighted by atomic mass is 32.2. The van der Waals surface area contributed by atoms with Crippen molar-refractivity contribution in [1.29, 1.82) is 0 Å². The maximum Gasteiger partial charge on any atom is 0.257 e. The predicted octanol–water partition coefficient (Wildman–Crippen LogP) is 2.67. The predicted molar refractivity (Wildman–Crippen MR) is 75.3 cm³/mol. The van der Waals surface area contributed by atoms with Gasteiger partial charge >= 0.3 is 0 Å². The van der Waals surface area contributed by atoms with E-state index >= 15 is 0 Å². The number of nitrogens with zero attached hydrogens (tertiary/aromatic N) is 1. The number of thioether (sulfide) groups is 1. The number of benzene rings is 1. The molecule has 1 aliphatic heterocycles. The monoisotopic (exact) mass is 265 g/mol. The number of rotatable bonds is 1. The van der Waals surface area contributed by atoms with Crippen LogP contribution in [-0.4, -0.2) is 39.5 Å². The van der Waals surface area contributed by atoms with E-state index in [0.29, 0.717) is 16.1 Å². The SMILES string of the molecule is Cc1ccc(C(=O)N2CC(C)SC(C)C2)c(O)c1. The minimum Gasteiger partial charge on any atom is -0.507 e. The Hall–Kier alpha value is -1.16. The fourth-order valence-electron chi connectivity index (χ4n) is 2.34. The van der Waals surface area contributed by atoms with Crippen molar-refractivity contribution in [2.75, 3.05) is 13.1 Å². The van der Waals surface area contributed by atoms with E-state index in [2.05, 4.69) is 13.8 Å². The summed E-state index contributed by atoms with van der Waals surface area (Å²) in [4.78, 5) is 14.2. The summed E-state index contributed by atoms with van der Waals surface area (Å²) in [5.41, 5.74) is 1.37. The average Bonchev–Trinajstić information content (AvgIpc) is 2.26. The smallest absolute Gasteiger partial charge is 0.257 e. The van der Waals surface area contributed by atoms with Gasteiger partial charge in [-0.15, -0.1) is 0 Å². The number of hydrogen-bond donors (Lipinski definition) is 1. The molecule has 4 heteroatoms. The van der Waals surface area contributed by atoms with Crippen molar-refractivity contribution in [3.63, 3.8) is 0 Å². The second-order valence-electron chi connectivity index (χ2n) is 4.99. The molecule has 1 fully saturated rings. The van der Waals surface area contributed by atoms with E-state index in [4.69, 9.17) is 0 Å². The highest BCUT2D eigenvalue weighted by molar-refractivity contribution is 8.00. The van der Waals surface area contributed by atoms with Gasteiger partial charge in [-0.05, 0) is 24.6 Å². The highest BCUT2D eigenvalue weighted by Gasteiger charge is 2.27. The molecule has 1 aromatic carbocycles. The van der Waals surface area contributed by atoms with Crippen LogP contribution in [0.25, 0.3) is 0 Å². The molecular formula is C14H19NO2S. The molecule has 2 unspecified atom stereocenters. The fourth-order valence-corrected chi connectivity index (χ4v) is 3.66. The standard InChI is InChI=1S/C14H19NO2S/c1-9-4-5-12(13(16)6-9)14(17)15-7-10(2)18-11(3)8-15/h4-6,10-11,16H,7-8H2,1-3H3. The summed E-state index contributed by atoms with van der Waals surface area (Å²) < 4.78 is 0. The molecule has 2 rings (SSSR count). The van der Waals surface area contributed by atoms with Crippen LogP contribution in [0.1, 0.15) is 29.8 Å². The van der Waals surface area contributed by atoms with E-state index in [0.717, 1.165) is 18.7 Å². The zero-order valence-electron chi connectivity index (χ0n) is 11.0. The Morgan fingerprint density at radius 2 is 1.94 bits per heavy atom. The van der Waals surface area contributed by atoms with Crippen molar-refractivity contribution in [2.45, 2.75) is 31.3 Å². The first-order chi connectivity index (χ1) is 8.47. The molecular weight excluding hydrogens is 246 g/mol. The fraction of sp³-hybridized carbons (Fsp3) is 0.500. The van der Waals surface area contributed by atoms with Crippen LogP contribution in [0, 0.1) is 6.92 Å². The number of phenolic OH excluding ortho intramolecular Hbond substituents is 1. The third-order valence-electron chi connectivity index (χ3n) is 3.09. The lowest BCUT2D eigenvalue weighted by Gasteiger charge is -2.34. The average molecular weight is 265 g/mol. The molecule has 1 N–H and O–H groups in total. The zero-order chi connectivity index (χ0) is 13.3. The molecule has 1 aromatic rings. The topological polar surface area (TPSA) is 40.5 Å². The van der Waals surface area contributed by atoms with Gasteiger partial charge in [-0.2, -0.15) is 11.8 Å². The van der Waals surface area contributed by atoms with Gasteiger partial charge in [-0.1, -0.05) is 19.9 Å². The van der Waals surface area contributed by atoms with Gasteiger partial charge in [0.2, 0.25) is 0 Å². The van der Waals surface area contributed by atoms with Crippen LogP contribution in [0.5, 0.6) is 5.75 Å². The van der Waals surface area contributed by atoms with Gasteiger partial charge in [0.25, 0.3) is 5.91 Å². The summed E-state index contributed by atoms with van der Waals surface area (Å²) in [5.74, 6) is 0.0185. The lowest BCUT2D eigenvalue weighted by molar-refractivity contribution is 0.0750. The van der Waals surface area contributed by atoms with E-state index < -0.39 is 0 Å². The Labute approximate surface area is 112 Å². The number of carbonyl (C=O) groups is 1. The molecule has 0 bridgehead atoms. The molecule has 1 saturated heterocycles. The van der Waals surface area contributed by atoms with E-state index in [-0.39, 0.29) is 11.7 Å². The zero-order valence-corrected chi connectivity index (χ0v) is 11.8. The first kappa shape index (κ1) is 13.3. The lowest BCUT2D eigenvalue weighted by atomic mass is 10.1. The molecule has 3 nitrogen and oxygen atoms in total. The third-order valence-corrected chi connectivity index (χ3v) is 4.32. The van der Waals surface area contributed by atoms with Gasteiger partial charge in [0.05, 0.1) is 5.56 Å². The minimum atomic E-state index is -0.0634. The van der Waals surface area contributed by atoms with Crippen molar-refractivity contribution in [3.05, 3.63) is 29.3 Å². The van der Waals surface area contributed by atoms with Gasteiger partial charge in [-0.25, -0.2) is 0 Å². The van der Waals surface area contributed by atoms with Gasteiger partial charge < -0.3 is 10.0 Å². The molecule has 0 spiro atoms. The lowest BCUT2D eigenvalue weighted by Crippen LogP contribution is -2.44. The Morgan fingerprint density at radius 1 is 1.33 bits per heavy atom. The van der Waals surface area contributed by atoms with Crippen LogP contribution in [0.3, 0.4) is 0 Å². The summed E-state index contributed by atoms with van der Waals surface area (Å²) in [6, 6.07) is 5.21. The molecule has 1 aliphatic rings. The summed E-state index contributed by atoms with van der Waals surface area (Å²) in [5, 5.41) is 10.8. The third kappa shape index (κ3) is 2.80.